The summed E-state index contributed by atoms with van der Waals surface area (Å²) in [4.78, 5) is 34.3. The summed E-state index contributed by atoms with van der Waals surface area (Å²) in [5, 5.41) is 30.2. The van der Waals surface area contributed by atoms with Crippen molar-refractivity contribution in [2.45, 2.75) is 18.6 Å². The molecule has 0 aliphatic heterocycles. The van der Waals surface area contributed by atoms with Crippen molar-refractivity contribution < 1.29 is 29.7 Å². The van der Waals surface area contributed by atoms with Crippen LogP contribution in [0.5, 0.6) is 0 Å². The smallest absolute Gasteiger partial charge is 0.345 e. The first kappa shape index (κ1) is 17.6. The van der Waals surface area contributed by atoms with E-state index in [2.05, 4.69) is 5.32 Å². The molecule has 0 bridgehead atoms. The summed E-state index contributed by atoms with van der Waals surface area (Å²) in [7, 11) is 0. The summed E-state index contributed by atoms with van der Waals surface area (Å²) in [6.45, 7) is 0. The molecule has 1 aromatic heterocycles. The van der Waals surface area contributed by atoms with Crippen LogP contribution in [0.1, 0.15) is 24.9 Å². The van der Waals surface area contributed by atoms with Gasteiger partial charge in [-0.2, -0.15) is 0 Å². The first-order valence-corrected chi connectivity index (χ1v) is 7.79. The minimum Gasteiger partial charge on any atom is -0.479 e. The van der Waals surface area contributed by atoms with Crippen LogP contribution in [0.4, 0.5) is 0 Å². The second-order valence-corrected chi connectivity index (χ2v) is 6.11. The number of aliphatic hydroxyl groups excluding tert-OH is 1. The van der Waals surface area contributed by atoms with Crippen molar-refractivity contribution in [1.29, 1.82) is 0 Å². The number of hydrogen-bond acceptors (Lipinski definition) is 5. The largest absolute Gasteiger partial charge is 0.479 e. The van der Waals surface area contributed by atoms with Gasteiger partial charge in [-0.15, -0.1) is 11.3 Å². The summed E-state index contributed by atoms with van der Waals surface area (Å²) >= 11 is 0.777. The highest BCUT2D eigenvalue weighted by Crippen LogP contribution is 2.17. The summed E-state index contributed by atoms with van der Waals surface area (Å²) in [5.41, 5.74) is 0.750. The highest BCUT2D eigenvalue weighted by molar-refractivity contribution is 7.15. The lowest BCUT2D eigenvalue weighted by molar-refractivity contribution is -0.148. The minimum absolute atomic E-state index is 0.00135. The van der Waals surface area contributed by atoms with Crippen LogP contribution in [0, 0.1) is 0 Å². The number of thiophene rings is 1. The number of carboxylic acid groups (broad SMARTS) is 2. The fraction of sp³-hybridized carbons (Fsp3) is 0.188. The molecule has 126 valence electrons. The summed E-state index contributed by atoms with van der Waals surface area (Å²) in [6.07, 6.45) is -1.66. The molecule has 0 aliphatic rings. The number of carboxylic acids is 2. The van der Waals surface area contributed by atoms with Gasteiger partial charge in [0.1, 0.15) is 4.88 Å². The van der Waals surface area contributed by atoms with Crippen LogP contribution in [0.3, 0.4) is 0 Å². The molecule has 2 aromatic rings. The number of aliphatic carboxylic acids is 1. The van der Waals surface area contributed by atoms with E-state index in [9.17, 15) is 19.5 Å². The molecule has 0 fully saturated rings. The van der Waals surface area contributed by atoms with Crippen LogP contribution in [0.25, 0.3) is 0 Å². The normalized spacial score (nSPS) is 13.0. The van der Waals surface area contributed by atoms with Crippen LogP contribution in [-0.4, -0.2) is 45.3 Å². The van der Waals surface area contributed by atoms with Gasteiger partial charge in [-0.25, -0.2) is 9.59 Å². The number of aromatic carboxylic acids is 1. The van der Waals surface area contributed by atoms with Crippen LogP contribution in [0.2, 0.25) is 0 Å². The van der Waals surface area contributed by atoms with E-state index >= 15 is 0 Å². The minimum atomic E-state index is -1.78. The standard InChI is InChI=1S/C16H15NO6S/c18-13(16(22)23)10(8-9-4-2-1-3-5-9)17-14(19)11-6-7-12(24-11)15(20)21/h1-7,10,13,18H,8H2,(H,17,19)(H,20,21)(H,22,23). The lowest BCUT2D eigenvalue weighted by Gasteiger charge is -2.21. The third-order valence-electron chi connectivity index (χ3n) is 3.29. The molecule has 2 rings (SSSR count). The van der Waals surface area contributed by atoms with Gasteiger partial charge in [0.2, 0.25) is 0 Å². The SMILES string of the molecule is O=C(O)c1ccc(C(=O)NC(Cc2ccccc2)C(O)C(=O)O)s1. The Morgan fingerprint density at radius 1 is 1.00 bits per heavy atom. The maximum Gasteiger partial charge on any atom is 0.345 e. The summed E-state index contributed by atoms with van der Waals surface area (Å²) < 4.78 is 0. The van der Waals surface area contributed by atoms with Crippen LogP contribution >= 0.6 is 11.3 Å². The second-order valence-electron chi connectivity index (χ2n) is 5.02. The van der Waals surface area contributed by atoms with Crippen molar-refractivity contribution in [2.75, 3.05) is 0 Å². The molecule has 0 aliphatic carbocycles. The van der Waals surface area contributed by atoms with Gasteiger partial charge < -0.3 is 20.6 Å². The topological polar surface area (TPSA) is 124 Å². The Balaban J connectivity index is 2.15. The molecule has 0 saturated heterocycles. The van der Waals surface area contributed by atoms with Crippen molar-refractivity contribution in [3.8, 4) is 0 Å². The summed E-state index contributed by atoms with van der Waals surface area (Å²) in [6, 6.07) is 10.4. The van der Waals surface area contributed by atoms with Crippen molar-refractivity contribution >= 4 is 29.2 Å². The maximum atomic E-state index is 12.2. The lowest BCUT2D eigenvalue weighted by Crippen LogP contribution is -2.48. The third kappa shape index (κ3) is 4.40. The number of hydrogen-bond donors (Lipinski definition) is 4. The summed E-state index contributed by atoms with van der Waals surface area (Å²) in [5.74, 6) is -3.23. The molecular formula is C16H15NO6S. The molecule has 8 heteroatoms. The van der Waals surface area contributed by atoms with Gasteiger partial charge in [0.15, 0.2) is 6.10 Å². The van der Waals surface area contributed by atoms with Crippen LogP contribution in [0.15, 0.2) is 42.5 Å². The zero-order valence-electron chi connectivity index (χ0n) is 12.4. The molecule has 7 nitrogen and oxygen atoms in total. The Hall–Kier alpha value is -2.71. The van der Waals surface area contributed by atoms with E-state index < -0.39 is 30.0 Å². The highest BCUT2D eigenvalue weighted by atomic mass is 32.1. The predicted octanol–water partition coefficient (Wildman–Crippen LogP) is 1.23. The van der Waals surface area contributed by atoms with E-state index in [0.29, 0.717) is 0 Å². The van der Waals surface area contributed by atoms with E-state index in [4.69, 9.17) is 10.2 Å². The van der Waals surface area contributed by atoms with E-state index in [1.165, 1.54) is 12.1 Å². The van der Waals surface area contributed by atoms with E-state index in [-0.39, 0.29) is 16.2 Å². The Bertz CT molecular complexity index is 742. The molecule has 2 atom stereocenters. The molecule has 1 heterocycles. The molecule has 1 amide bonds. The number of nitrogens with one attached hydrogen (secondary N) is 1. The van der Waals surface area contributed by atoms with E-state index in [1.807, 2.05) is 0 Å². The fourth-order valence-corrected chi connectivity index (χ4v) is 2.84. The number of carbonyl (C=O) groups is 3. The van der Waals surface area contributed by atoms with Gasteiger partial charge >= 0.3 is 11.9 Å². The molecule has 2 unspecified atom stereocenters. The van der Waals surface area contributed by atoms with Gasteiger partial charge in [-0.3, -0.25) is 4.79 Å². The Morgan fingerprint density at radius 2 is 1.62 bits per heavy atom. The Morgan fingerprint density at radius 3 is 2.17 bits per heavy atom. The monoisotopic (exact) mass is 349 g/mol. The quantitative estimate of drug-likeness (QED) is 0.596. The van der Waals surface area contributed by atoms with Gasteiger partial charge in [0.05, 0.1) is 10.9 Å². The molecule has 0 saturated carbocycles. The highest BCUT2D eigenvalue weighted by Gasteiger charge is 2.28. The molecular weight excluding hydrogens is 334 g/mol. The van der Waals surface area contributed by atoms with Crippen molar-refractivity contribution in [3.05, 3.63) is 57.8 Å². The third-order valence-corrected chi connectivity index (χ3v) is 4.36. The van der Waals surface area contributed by atoms with E-state index in [0.717, 1.165) is 16.9 Å². The zero-order chi connectivity index (χ0) is 17.7. The number of aliphatic hydroxyl groups is 1. The molecule has 4 N–H and O–H groups in total. The van der Waals surface area contributed by atoms with Crippen molar-refractivity contribution in [1.82, 2.24) is 5.32 Å². The maximum absolute atomic E-state index is 12.2. The Labute approximate surface area is 141 Å². The zero-order valence-corrected chi connectivity index (χ0v) is 13.2. The first-order valence-electron chi connectivity index (χ1n) is 6.97. The van der Waals surface area contributed by atoms with Crippen LogP contribution in [-0.2, 0) is 11.2 Å². The lowest BCUT2D eigenvalue weighted by atomic mass is 10.0. The first-order chi connectivity index (χ1) is 11.4. The van der Waals surface area contributed by atoms with Gasteiger partial charge in [-0.1, -0.05) is 30.3 Å². The van der Waals surface area contributed by atoms with Gasteiger partial charge in [0, 0.05) is 0 Å². The average molecular weight is 349 g/mol. The van der Waals surface area contributed by atoms with Crippen molar-refractivity contribution in [2.24, 2.45) is 0 Å². The second kappa shape index (κ2) is 7.71. The fourth-order valence-electron chi connectivity index (χ4n) is 2.10. The Kier molecular flexibility index (Phi) is 5.67. The number of rotatable bonds is 7. The number of amides is 1. The van der Waals surface area contributed by atoms with Gasteiger partial charge in [0.25, 0.3) is 5.91 Å². The molecule has 1 aromatic carbocycles. The number of carbonyl (C=O) groups excluding carboxylic acids is 1. The van der Waals surface area contributed by atoms with Crippen molar-refractivity contribution in [3.63, 3.8) is 0 Å². The van der Waals surface area contributed by atoms with Gasteiger partial charge in [-0.05, 0) is 24.1 Å². The number of benzene rings is 1. The molecule has 0 radical (unpaired) electrons. The molecule has 0 spiro atoms. The predicted molar refractivity (Wildman–Crippen MR) is 86.3 cm³/mol. The average Bonchev–Trinajstić information content (AvgIpc) is 3.04. The van der Waals surface area contributed by atoms with Crippen LogP contribution < -0.4 is 5.32 Å². The van der Waals surface area contributed by atoms with E-state index in [1.54, 1.807) is 30.3 Å². The molecule has 24 heavy (non-hydrogen) atoms.